The second-order valence-corrected chi connectivity index (χ2v) is 9.00. The number of hydrogen-bond donors (Lipinski definition) is 1. The van der Waals surface area contributed by atoms with Gasteiger partial charge >= 0.3 is 5.97 Å². The number of ether oxygens (including phenoxy) is 2. The van der Waals surface area contributed by atoms with Crippen LogP contribution in [0.1, 0.15) is 39.5 Å². The fourth-order valence-electron chi connectivity index (χ4n) is 5.57. The molecule has 1 N–H and O–H groups in total. The highest BCUT2D eigenvalue weighted by Gasteiger charge is 2.74. The summed E-state index contributed by atoms with van der Waals surface area (Å²) in [6.07, 6.45) is 10.2. The zero-order chi connectivity index (χ0) is 22.2. The highest BCUT2D eigenvalue weighted by atomic mass is 16.6. The molecule has 4 aliphatic heterocycles. The Kier molecular flexibility index (Phi) is 5.96. The van der Waals surface area contributed by atoms with Crippen LogP contribution in [0, 0.1) is 11.8 Å². The lowest BCUT2D eigenvalue weighted by atomic mass is 9.74. The summed E-state index contributed by atoms with van der Waals surface area (Å²) < 4.78 is 12.1. The molecule has 2 amide bonds. The molecule has 31 heavy (non-hydrogen) atoms. The van der Waals surface area contributed by atoms with Crippen molar-refractivity contribution >= 4 is 17.8 Å². The number of rotatable bonds is 6. The number of aliphatic hydroxyl groups excluding tert-OH is 1. The molecule has 1 unspecified atom stereocenters. The van der Waals surface area contributed by atoms with Crippen LogP contribution in [0.3, 0.4) is 0 Å². The van der Waals surface area contributed by atoms with E-state index < -0.39 is 35.0 Å². The molecular weight excluding hydrogens is 400 g/mol. The van der Waals surface area contributed by atoms with E-state index in [9.17, 15) is 19.5 Å². The van der Waals surface area contributed by atoms with Crippen molar-refractivity contribution < 1.29 is 29.0 Å². The van der Waals surface area contributed by atoms with Gasteiger partial charge in [-0.05, 0) is 26.2 Å². The minimum absolute atomic E-state index is 0.0927. The standard InChI is InChI=1S/C23H32N2O6/c1-3-4-11-24-12-7-10-23-16(19(27)25(13-8-14-26)18(23)20(24)28)17-21(29)30-15-6-5-9-22(17,2)31-23/h5,7,9-10,16-18,26H,3-4,6,8,11-15H2,1-2H3/t16-,17-,18?,22+,23-/m0/s1. The molecule has 0 aromatic rings. The number of cyclic esters (lactones) is 1. The summed E-state index contributed by atoms with van der Waals surface area (Å²) in [5.41, 5.74) is -2.28. The maximum absolute atomic E-state index is 13.7. The molecule has 1 spiro atoms. The van der Waals surface area contributed by atoms with Crippen molar-refractivity contribution in [1.29, 1.82) is 0 Å². The number of amides is 2. The molecule has 4 heterocycles. The minimum atomic E-state index is -1.24. The van der Waals surface area contributed by atoms with Crippen LogP contribution in [0.25, 0.3) is 0 Å². The number of aliphatic hydroxyl groups is 1. The highest BCUT2D eigenvalue weighted by molar-refractivity contribution is 5.99. The van der Waals surface area contributed by atoms with Gasteiger partial charge in [0.1, 0.15) is 17.6 Å². The van der Waals surface area contributed by atoms with Gasteiger partial charge in [-0.3, -0.25) is 14.4 Å². The Morgan fingerprint density at radius 3 is 2.65 bits per heavy atom. The molecule has 0 aliphatic carbocycles. The van der Waals surface area contributed by atoms with Crippen molar-refractivity contribution in [2.45, 2.75) is 56.8 Å². The number of likely N-dealkylation sites (tertiary alicyclic amines) is 1. The monoisotopic (exact) mass is 432 g/mol. The van der Waals surface area contributed by atoms with Gasteiger partial charge in [0.25, 0.3) is 0 Å². The van der Waals surface area contributed by atoms with Crippen LogP contribution in [-0.4, -0.2) is 82.8 Å². The molecule has 0 radical (unpaired) electrons. The number of carbonyl (C=O) groups excluding carboxylic acids is 3. The van der Waals surface area contributed by atoms with Crippen molar-refractivity contribution in [3.8, 4) is 0 Å². The van der Waals surface area contributed by atoms with Crippen LogP contribution < -0.4 is 0 Å². The van der Waals surface area contributed by atoms with Gasteiger partial charge in [0.2, 0.25) is 11.8 Å². The summed E-state index contributed by atoms with van der Waals surface area (Å²) in [4.78, 5) is 43.8. The zero-order valence-corrected chi connectivity index (χ0v) is 18.3. The van der Waals surface area contributed by atoms with Crippen LogP contribution >= 0.6 is 0 Å². The molecule has 0 aromatic carbocycles. The molecule has 4 aliphatic rings. The number of unbranched alkanes of at least 4 members (excludes halogenated alkanes) is 1. The fraction of sp³-hybridized carbons (Fsp3) is 0.696. The van der Waals surface area contributed by atoms with Gasteiger partial charge in [-0.25, -0.2) is 0 Å². The SMILES string of the molecule is CCCCN1CC=C[C@]23O[C@]4(C)C=CCCOC(=O)[C@@H]4[C@H]2C(=O)N(CCCO)C3C1=O. The Morgan fingerprint density at radius 2 is 1.90 bits per heavy atom. The van der Waals surface area contributed by atoms with E-state index in [-0.39, 0.29) is 31.6 Å². The lowest BCUT2D eigenvalue weighted by Gasteiger charge is -2.37. The molecule has 0 aromatic heterocycles. The van der Waals surface area contributed by atoms with Gasteiger partial charge in [-0.1, -0.05) is 37.6 Å². The molecule has 2 fully saturated rings. The summed E-state index contributed by atoms with van der Waals surface area (Å²) in [5, 5.41) is 9.38. The van der Waals surface area contributed by atoms with Crippen molar-refractivity contribution in [2.24, 2.45) is 11.8 Å². The third-order valence-electron chi connectivity index (χ3n) is 6.94. The van der Waals surface area contributed by atoms with E-state index in [4.69, 9.17) is 9.47 Å². The minimum Gasteiger partial charge on any atom is -0.465 e. The van der Waals surface area contributed by atoms with E-state index in [2.05, 4.69) is 6.92 Å². The molecular formula is C23H32N2O6. The normalized spacial score (nSPS) is 37.1. The van der Waals surface area contributed by atoms with Crippen molar-refractivity contribution in [1.82, 2.24) is 9.80 Å². The maximum atomic E-state index is 13.7. The Morgan fingerprint density at radius 1 is 1.10 bits per heavy atom. The first-order valence-corrected chi connectivity index (χ1v) is 11.3. The number of esters is 1. The van der Waals surface area contributed by atoms with Gasteiger partial charge in [-0.15, -0.1) is 0 Å². The Balaban J connectivity index is 1.81. The third-order valence-corrected chi connectivity index (χ3v) is 6.94. The quantitative estimate of drug-likeness (QED) is 0.498. The molecule has 5 atom stereocenters. The van der Waals surface area contributed by atoms with E-state index in [0.717, 1.165) is 12.8 Å². The Labute approximate surface area is 182 Å². The van der Waals surface area contributed by atoms with Crippen molar-refractivity contribution in [3.63, 3.8) is 0 Å². The summed E-state index contributed by atoms with van der Waals surface area (Å²) in [6.45, 7) is 5.30. The topological polar surface area (TPSA) is 96.4 Å². The molecule has 0 saturated carbocycles. The highest BCUT2D eigenvalue weighted by Crippen LogP contribution is 2.57. The number of fused-ring (bicyclic) bond motifs is 2. The zero-order valence-electron chi connectivity index (χ0n) is 18.3. The average molecular weight is 433 g/mol. The van der Waals surface area contributed by atoms with Crippen molar-refractivity contribution in [3.05, 3.63) is 24.3 Å². The predicted octanol–water partition coefficient (Wildman–Crippen LogP) is 1.04. The summed E-state index contributed by atoms with van der Waals surface area (Å²) in [5.74, 6) is -2.59. The summed E-state index contributed by atoms with van der Waals surface area (Å²) in [7, 11) is 0. The van der Waals surface area contributed by atoms with Gasteiger partial charge in [0.05, 0.1) is 18.1 Å². The first kappa shape index (κ1) is 22.0. The fourth-order valence-corrected chi connectivity index (χ4v) is 5.57. The Hall–Kier alpha value is -2.19. The van der Waals surface area contributed by atoms with Crippen molar-refractivity contribution in [2.75, 3.05) is 32.8 Å². The summed E-state index contributed by atoms with van der Waals surface area (Å²) in [6, 6.07) is -0.863. The number of nitrogens with zero attached hydrogens (tertiary/aromatic N) is 2. The van der Waals surface area contributed by atoms with Gasteiger partial charge in [0, 0.05) is 26.2 Å². The molecule has 0 bridgehead atoms. The van der Waals surface area contributed by atoms with E-state index in [1.54, 1.807) is 11.8 Å². The first-order chi connectivity index (χ1) is 14.9. The lowest BCUT2D eigenvalue weighted by molar-refractivity contribution is -0.160. The second-order valence-electron chi connectivity index (χ2n) is 9.00. The van der Waals surface area contributed by atoms with Crippen LogP contribution in [-0.2, 0) is 23.9 Å². The smallest absolute Gasteiger partial charge is 0.313 e. The predicted molar refractivity (Wildman–Crippen MR) is 112 cm³/mol. The average Bonchev–Trinajstić information content (AvgIpc) is 3.05. The lowest BCUT2D eigenvalue weighted by Crippen LogP contribution is -2.56. The van der Waals surface area contributed by atoms with Gasteiger partial charge in [-0.2, -0.15) is 0 Å². The van der Waals surface area contributed by atoms with E-state index in [1.165, 1.54) is 4.90 Å². The molecule has 170 valence electrons. The molecule has 8 nitrogen and oxygen atoms in total. The number of carbonyl (C=O) groups is 3. The van der Waals surface area contributed by atoms with Crippen LogP contribution in [0.2, 0.25) is 0 Å². The van der Waals surface area contributed by atoms with Crippen LogP contribution in [0.5, 0.6) is 0 Å². The first-order valence-electron chi connectivity index (χ1n) is 11.3. The third kappa shape index (κ3) is 3.40. The largest absolute Gasteiger partial charge is 0.465 e. The summed E-state index contributed by atoms with van der Waals surface area (Å²) >= 11 is 0. The van der Waals surface area contributed by atoms with Crippen LogP contribution in [0.4, 0.5) is 0 Å². The van der Waals surface area contributed by atoms with E-state index in [0.29, 0.717) is 25.9 Å². The number of hydrogen-bond acceptors (Lipinski definition) is 6. The molecule has 4 rings (SSSR count). The molecule has 2 saturated heterocycles. The van der Waals surface area contributed by atoms with E-state index >= 15 is 0 Å². The molecule has 8 heteroatoms. The van der Waals surface area contributed by atoms with Gasteiger partial charge in [0.15, 0.2) is 0 Å². The second kappa shape index (κ2) is 8.39. The van der Waals surface area contributed by atoms with E-state index in [1.807, 2.05) is 24.3 Å². The van der Waals surface area contributed by atoms with Gasteiger partial charge < -0.3 is 24.4 Å². The maximum Gasteiger partial charge on any atom is 0.313 e. The van der Waals surface area contributed by atoms with Crippen LogP contribution in [0.15, 0.2) is 24.3 Å². The Bertz CT molecular complexity index is 810.